The Morgan fingerprint density at radius 3 is 2.76 bits per heavy atom. The minimum atomic E-state index is -3.17. The highest BCUT2D eigenvalue weighted by atomic mass is 32.2. The monoisotopic (exact) mass is 311 g/mol. The number of hydrogen-bond donors (Lipinski definition) is 0. The summed E-state index contributed by atoms with van der Waals surface area (Å²) in [6, 6.07) is 7.53. The van der Waals surface area contributed by atoms with Crippen LogP contribution in [0.5, 0.6) is 11.5 Å². The van der Waals surface area contributed by atoms with E-state index in [1.807, 2.05) is 24.3 Å². The molecule has 0 aromatic heterocycles. The molecule has 1 saturated carbocycles. The topological polar surface area (TPSA) is 55.8 Å². The lowest BCUT2D eigenvalue weighted by molar-refractivity contribution is 0.163. The van der Waals surface area contributed by atoms with E-state index in [1.54, 1.807) is 11.4 Å². The van der Waals surface area contributed by atoms with Gasteiger partial charge in [-0.1, -0.05) is 6.07 Å². The Morgan fingerprint density at radius 1 is 1.29 bits per heavy atom. The van der Waals surface area contributed by atoms with Crippen LogP contribution in [0.2, 0.25) is 0 Å². The zero-order chi connectivity index (χ0) is 15.0. The Labute approximate surface area is 125 Å². The van der Waals surface area contributed by atoms with Crippen molar-refractivity contribution < 1.29 is 17.9 Å². The van der Waals surface area contributed by atoms with Gasteiger partial charge in [0.1, 0.15) is 18.1 Å². The molecule has 0 radical (unpaired) electrons. The van der Waals surface area contributed by atoms with Crippen LogP contribution in [0, 0.1) is 5.92 Å². The molecular formula is C15H21NO4S. The highest BCUT2D eigenvalue weighted by Gasteiger charge is 2.50. The first-order valence-corrected chi connectivity index (χ1v) is 9.09. The van der Waals surface area contributed by atoms with Crippen molar-refractivity contribution >= 4 is 10.0 Å². The van der Waals surface area contributed by atoms with Crippen molar-refractivity contribution in [3.05, 3.63) is 24.3 Å². The standard InChI is InChI=1S/C15H21NO4S/c1-19-13-4-3-5-14(9-13)20-10-15-11-6-7-12(8-11)16(15)21(2,17)18/h3-5,9,11-12,15H,6-8,10H2,1-2H3/t11-,12+,15-/m0/s1. The third-order valence-electron chi connectivity index (χ3n) is 4.52. The van der Waals surface area contributed by atoms with Crippen LogP contribution in [0.15, 0.2) is 24.3 Å². The third kappa shape index (κ3) is 2.87. The van der Waals surface area contributed by atoms with E-state index in [-0.39, 0.29) is 12.1 Å². The molecular weight excluding hydrogens is 290 g/mol. The fourth-order valence-electron chi connectivity index (χ4n) is 3.65. The van der Waals surface area contributed by atoms with Gasteiger partial charge in [-0.25, -0.2) is 8.42 Å². The van der Waals surface area contributed by atoms with Crippen LogP contribution in [0.1, 0.15) is 19.3 Å². The number of nitrogens with zero attached hydrogens (tertiary/aromatic N) is 1. The first kappa shape index (κ1) is 14.7. The molecule has 1 aromatic rings. The Kier molecular flexibility index (Phi) is 3.84. The molecule has 6 heteroatoms. The number of methoxy groups -OCH3 is 1. The van der Waals surface area contributed by atoms with E-state index < -0.39 is 10.0 Å². The average molecular weight is 311 g/mol. The van der Waals surface area contributed by atoms with Gasteiger partial charge in [-0.2, -0.15) is 4.31 Å². The van der Waals surface area contributed by atoms with Gasteiger partial charge in [-0.3, -0.25) is 0 Å². The summed E-state index contributed by atoms with van der Waals surface area (Å²) in [6.45, 7) is 0.404. The molecule has 0 unspecified atom stereocenters. The molecule has 2 fully saturated rings. The van der Waals surface area contributed by atoms with Gasteiger partial charge in [-0.05, 0) is 37.3 Å². The molecule has 1 aliphatic carbocycles. The van der Waals surface area contributed by atoms with E-state index in [0.717, 1.165) is 25.0 Å². The zero-order valence-corrected chi connectivity index (χ0v) is 13.2. The van der Waals surface area contributed by atoms with Crippen molar-refractivity contribution in [1.29, 1.82) is 0 Å². The molecule has 1 aliphatic heterocycles. The van der Waals surface area contributed by atoms with Gasteiger partial charge < -0.3 is 9.47 Å². The molecule has 0 spiro atoms. The number of piperidine rings is 1. The van der Waals surface area contributed by atoms with Crippen LogP contribution in [0.25, 0.3) is 0 Å². The number of benzene rings is 1. The SMILES string of the molecule is COc1cccc(OC[C@H]2[C@H]3CC[C@H](C3)N2S(C)(=O)=O)c1. The fraction of sp³-hybridized carbons (Fsp3) is 0.600. The van der Waals surface area contributed by atoms with Crippen molar-refractivity contribution in [3.63, 3.8) is 0 Å². The third-order valence-corrected chi connectivity index (χ3v) is 5.86. The van der Waals surface area contributed by atoms with Gasteiger partial charge in [0.25, 0.3) is 0 Å². The van der Waals surface area contributed by atoms with Crippen molar-refractivity contribution in [1.82, 2.24) is 4.31 Å². The molecule has 5 nitrogen and oxygen atoms in total. The summed E-state index contributed by atoms with van der Waals surface area (Å²) in [5.74, 6) is 1.88. The molecule has 0 N–H and O–H groups in total. The van der Waals surface area contributed by atoms with E-state index in [2.05, 4.69) is 0 Å². The predicted octanol–water partition coefficient (Wildman–Crippen LogP) is 1.89. The second kappa shape index (κ2) is 5.50. The summed E-state index contributed by atoms with van der Waals surface area (Å²) >= 11 is 0. The van der Waals surface area contributed by atoms with E-state index in [1.165, 1.54) is 6.26 Å². The summed E-state index contributed by atoms with van der Waals surface area (Å²) in [7, 11) is -1.56. The lowest BCUT2D eigenvalue weighted by Crippen LogP contribution is -2.47. The maximum absolute atomic E-state index is 12.0. The van der Waals surface area contributed by atoms with E-state index in [4.69, 9.17) is 9.47 Å². The van der Waals surface area contributed by atoms with E-state index in [9.17, 15) is 8.42 Å². The minimum absolute atomic E-state index is 0.0371. The van der Waals surface area contributed by atoms with E-state index >= 15 is 0 Å². The molecule has 2 bridgehead atoms. The highest BCUT2D eigenvalue weighted by Crippen LogP contribution is 2.43. The quantitative estimate of drug-likeness (QED) is 0.833. The lowest BCUT2D eigenvalue weighted by atomic mass is 10.0. The molecule has 3 atom stereocenters. The van der Waals surface area contributed by atoms with Gasteiger partial charge in [0, 0.05) is 12.1 Å². The van der Waals surface area contributed by atoms with Crippen molar-refractivity contribution in [2.45, 2.75) is 31.3 Å². The maximum Gasteiger partial charge on any atom is 0.211 e. The first-order chi connectivity index (χ1) is 9.99. The average Bonchev–Trinajstić information content (AvgIpc) is 3.05. The molecule has 2 aliphatic rings. The van der Waals surface area contributed by atoms with Crippen LogP contribution < -0.4 is 9.47 Å². The second-order valence-corrected chi connectivity index (χ2v) is 7.76. The van der Waals surface area contributed by atoms with Gasteiger partial charge in [0.05, 0.1) is 19.4 Å². The molecule has 1 aromatic carbocycles. The molecule has 3 rings (SSSR count). The van der Waals surface area contributed by atoms with Gasteiger partial charge in [-0.15, -0.1) is 0 Å². The van der Waals surface area contributed by atoms with E-state index in [0.29, 0.717) is 18.3 Å². The number of rotatable bonds is 5. The summed E-state index contributed by atoms with van der Waals surface area (Å²) in [5, 5.41) is 0. The van der Waals surface area contributed by atoms with Crippen molar-refractivity contribution in [2.24, 2.45) is 5.92 Å². The number of fused-ring (bicyclic) bond motifs is 2. The number of sulfonamides is 1. The highest BCUT2D eigenvalue weighted by molar-refractivity contribution is 7.88. The largest absolute Gasteiger partial charge is 0.497 e. The van der Waals surface area contributed by atoms with Crippen LogP contribution in [0.4, 0.5) is 0 Å². The molecule has 1 saturated heterocycles. The van der Waals surface area contributed by atoms with Crippen LogP contribution in [0.3, 0.4) is 0 Å². The molecule has 21 heavy (non-hydrogen) atoms. The Balaban J connectivity index is 1.71. The number of ether oxygens (including phenoxy) is 2. The smallest absolute Gasteiger partial charge is 0.211 e. The molecule has 0 amide bonds. The minimum Gasteiger partial charge on any atom is -0.497 e. The summed E-state index contributed by atoms with van der Waals surface area (Å²) in [5.41, 5.74) is 0. The van der Waals surface area contributed by atoms with Gasteiger partial charge in [0.2, 0.25) is 10.0 Å². The summed E-state index contributed by atoms with van der Waals surface area (Å²) in [4.78, 5) is 0. The van der Waals surface area contributed by atoms with Gasteiger partial charge >= 0.3 is 0 Å². The Morgan fingerprint density at radius 2 is 2.05 bits per heavy atom. The number of hydrogen-bond acceptors (Lipinski definition) is 4. The van der Waals surface area contributed by atoms with Crippen LogP contribution in [-0.4, -0.2) is 44.8 Å². The fourth-order valence-corrected chi connectivity index (χ4v) is 5.11. The Bertz CT molecular complexity index is 616. The zero-order valence-electron chi connectivity index (χ0n) is 12.4. The Hall–Kier alpha value is -1.27. The molecule has 1 heterocycles. The van der Waals surface area contributed by atoms with Crippen LogP contribution >= 0.6 is 0 Å². The maximum atomic E-state index is 12.0. The van der Waals surface area contributed by atoms with Crippen molar-refractivity contribution in [3.8, 4) is 11.5 Å². The van der Waals surface area contributed by atoms with Crippen molar-refractivity contribution in [2.75, 3.05) is 20.0 Å². The second-order valence-electron chi connectivity index (χ2n) is 5.88. The van der Waals surface area contributed by atoms with Crippen LogP contribution in [-0.2, 0) is 10.0 Å². The summed E-state index contributed by atoms with van der Waals surface area (Å²) < 4.78 is 36.6. The summed E-state index contributed by atoms with van der Waals surface area (Å²) in [6.07, 6.45) is 4.35. The first-order valence-electron chi connectivity index (χ1n) is 7.24. The molecule has 116 valence electrons. The van der Waals surface area contributed by atoms with Gasteiger partial charge in [0.15, 0.2) is 0 Å². The lowest BCUT2D eigenvalue weighted by Gasteiger charge is -2.33. The predicted molar refractivity (Wildman–Crippen MR) is 80.1 cm³/mol. The normalized spacial score (nSPS) is 28.8.